The number of fused-ring (bicyclic) bond motifs is 1. The van der Waals surface area contributed by atoms with Crippen LogP contribution in [0.2, 0.25) is 5.02 Å². The van der Waals surface area contributed by atoms with Gasteiger partial charge in [0.05, 0.1) is 34.6 Å². The molecule has 19 heavy (non-hydrogen) atoms. The van der Waals surface area contributed by atoms with E-state index in [2.05, 4.69) is 14.1 Å². The molecule has 2 atom stereocenters. The Bertz CT molecular complexity index is 574. The summed E-state index contributed by atoms with van der Waals surface area (Å²) < 4.78 is 8.52. The second-order valence-electron chi connectivity index (χ2n) is 5.01. The first-order valence-corrected chi connectivity index (χ1v) is 7.72. The zero-order valence-electron chi connectivity index (χ0n) is 10.5. The molecule has 2 aromatic rings. The second kappa shape index (κ2) is 5.61. The smallest absolute Gasteiger partial charge is 0.129 e. The molecule has 1 saturated carbocycles. The summed E-state index contributed by atoms with van der Waals surface area (Å²) in [5.41, 5.74) is 2.45. The van der Waals surface area contributed by atoms with Crippen LogP contribution in [0.3, 0.4) is 0 Å². The number of nitrogens with zero attached hydrogens (tertiary/aromatic N) is 2. The number of aliphatic hydroxyl groups is 1. The lowest BCUT2D eigenvalue weighted by molar-refractivity contribution is 0.144. The van der Waals surface area contributed by atoms with Crippen molar-refractivity contribution in [3.05, 3.63) is 17.2 Å². The third-order valence-corrected chi connectivity index (χ3v) is 4.54. The fourth-order valence-corrected chi connectivity index (χ4v) is 3.36. The van der Waals surface area contributed by atoms with Crippen LogP contribution in [0.5, 0.6) is 0 Å². The van der Waals surface area contributed by atoms with E-state index >= 15 is 0 Å². The van der Waals surface area contributed by atoms with E-state index in [-0.39, 0.29) is 12.1 Å². The third-order valence-electron chi connectivity index (χ3n) is 3.69. The number of aliphatic hydroxyl groups excluding tert-OH is 1. The predicted octanol–water partition coefficient (Wildman–Crippen LogP) is 3.45. The van der Waals surface area contributed by atoms with Crippen molar-refractivity contribution in [1.29, 1.82) is 0 Å². The fourth-order valence-electron chi connectivity index (χ4n) is 2.61. The number of nitrogens with one attached hydrogen (secondary N) is 1. The summed E-state index contributed by atoms with van der Waals surface area (Å²) in [6.07, 6.45) is 4.91. The van der Waals surface area contributed by atoms with Crippen molar-refractivity contribution in [3.63, 3.8) is 0 Å². The van der Waals surface area contributed by atoms with Crippen molar-refractivity contribution >= 4 is 40.0 Å². The highest BCUT2D eigenvalue weighted by Gasteiger charge is 2.23. The zero-order valence-corrected chi connectivity index (χ0v) is 12.0. The molecular formula is C13H16ClN3OS. The maximum Gasteiger partial charge on any atom is 0.129 e. The average Bonchev–Trinajstić information content (AvgIpc) is 2.79. The maximum absolute atomic E-state index is 10.2. The highest BCUT2D eigenvalue weighted by Crippen LogP contribution is 2.32. The Balaban J connectivity index is 1.91. The van der Waals surface area contributed by atoms with Crippen molar-refractivity contribution in [2.75, 3.05) is 5.32 Å². The molecule has 1 aromatic heterocycles. The first-order valence-electron chi connectivity index (χ1n) is 6.61. The molecule has 2 N–H and O–H groups in total. The van der Waals surface area contributed by atoms with Crippen LogP contribution >= 0.6 is 23.3 Å². The molecule has 3 rings (SSSR count). The van der Waals surface area contributed by atoms with Crippen molar-refractivity contribution < 1.29 is 5.11 Å². The van der Waals surface area contributed by atoms with E-state index in [1.165, 1.54) is 18.1 Å². The minimum absolute atomic E-state index is 0.0484. The summed E-state index contributed by atoms with van der Waals surface area (Å²) in [5.74, 6) is 0. The van der Waals surface area contributed by atoms with E-state index in [1.807, 2.05) is 12.1 Å². The highest BCUT2D eigenvalue weighted by atomic mass is 35.5. The molecule has 4 nitrogen and oxygen atoms in total. The number of anilines is 1. The molecule has 1 aliphatic carbocycles. The molecular weight excluding hydrogens is 282 g/mol. The largest absolute Gasteiger partial charge is 0.391 e. The van der Waals surface area contributed by atoms with Gasteiger partial charge in [-0.3, -0.25) is 0 Å². The minimum atomic E-state index is -0.319. The number of benzene rings is 1. The van der Waals surface area contributed by atoms with Gasteiger partial charge in [-0.25, -0.2) is 0 Å². The van der Waals surface area contributed by atoms with E-state index < -0.39 is 0 Å². The Labute approximate surface area is 121 Å². The number of halogens is 1. The van der Waals surface area contributed by atoms with Crippen LogP contribution in [0.1, 0.15) is 32.1 Å². The van der Waals surface area contributed by atoms with Crippen LogP contribution in [0.4, 0.5) is 5.69 Å². The monoisotopic (exact) mass is 297 g/mol. The van der Waals surface area contributed by atoms with Gasteiger partial charge in [-0.05, 0) is 25.0 Å². The minimum Gasteiger partial charge on any atom is -0.391 e. The van der Waals surface area contributed by atoms with Gasteiger partial charge in [0, 0.05) is 0 Å². The molecule has 2 unspecified atom stereocenters. The number of rotatable bonds is 2. The molecule has 6 heteroatoms. The Kier molecular flexibility index (Phi) is 3.86. The zero-order chi connectivity index (χ0) is 13.2. The third kappa shape index (κ3) is 2.68. The van der Waals surface area contributed by atoms with Gasteiger partial charge < -0.3 is 10.4 Å². The number of aromatic nitrogens is 2. The quantitative estimate of drug-likeness (QED) is 0.834. The second-order valence-corrected chi connectivity index (χ2v) is 5.95. The van der Waals surface area contributed by atoms with E-state index in [0.717, 1.165) is 42.4 Å². The number of hydrogen-bond acceptors (Lipinski definition) is 5. The summed E-state index contributed by atoms with van der Waals surface area (Å²) in [4.78, 5) is 0. The fraction of sp³-hybridized carbons (Fsp3) is 0.538. The predicted molar refractivity (Wildman–Crippen MR) is 78.9 cm³/mol. The van der Waals surface area contributed by atoms with Crippen LogP contribution in [0.15, 0.2) is 12.1 Å². The van der Waals surface area contributed by atoms with Crippen LogP contribution in [-0.2, 0) is 0 Å². The van der Waals surface area contributed by atoms with Gasteiger partial charge in [0.1, 0.15) is 11.0 Å². The summed E-state index contributed by atoms with van der Waals surface area (Å²) in [5, 5.41) is 14.2. The molecule has 0 saturated heterocycles. The van der Waals surface area contributed by atoms with E-state index in [1.54, 1.807) is 0 Å². The maximum atomic E-state index is 10.2. The van der Waals surface area contributed by atoms with Crippen LogP contribution in [-0.4, -0.2) is 26.0 Å². The van der Waals surface area contributed by atoms with Gasteiger partial charge >= 0.3 is 0 Å². The summed E-state index contributed by atoms with van der Waals surface area (Å²) in [6, 6.07) is 3.75. The van der Waals surface area contributed by atoms with E-state index in [9.17, 15) is 5.11 Å². The van der Waals surface area contributed by atoms with Gasteiger partial charge in [0.15, 0.2) is 0 Å². The molecule has 1 aromatic carbocycles. The topological polar surface area (TPSA) is 58.0 Å². The van der Waals surface area contributed by atoms with Crippen molar-refractivity contribution in [2.45, 2.75) is 44.2 Å². The Morgan fingerprint density at radius 3 is 2.95 bits per heavy atom. The van der Waals surface area contributed by atoms with E-state index in [4.69, 9.17) is 11.6 Å². The molecule has 102 valence electrons. The molecule has 1 heterocycles. The van der Waals surface area contributed by atoms with Gasteiger partial charge in [-0.2, -0.15) is 8.75 Å². The van der Waals surface area contributed by atoms with Crippen molar-refractivity contribution in [3.8, 4) is 0 Å². The standard InChI is InChI=1S/C13H16ClN3OS/c14-8-6-7-10-13(17-19-16-10)12(8)15-9-4-2-1-3-5-11(9)18/h6-7,9,11,15,18H,1-5H2. The van der Waals surface area contributed by atoms with Gasteiger partial charge in [0.25, 0.3) is 0 Å². The van der Waals surface area contributed by atoms with Crippen molar-refractivity contribution in [2.24, 2.45) is 0 Å². The van der Waals surface area contributed by atoms with Gasteiger partial charge in [-0.1, -0.05) is 30.9 Å². The normalized spacial score (nSPS) is 24.3. The number of hydrogen-bond donors (Lipinski definition) is 2. The summed E-state index contributed by atoms with van der Waals surface area (Å²) in [6.45, 7) is 0. The lowest BCUT2D eigenvalue weighted by atomic mass is 10.1. The van der Waals surface area contributed by atoms with Gasteiger partial charge in [-0.15, -0.1) is 0 Å². The molecule has 0 spiro atoms. The highest BCUT2D eigenvalue weighted by molar-refractivity contribution is 7.00. The lowest BCUT2D eigenvalue weighted by Gasteiger charge is -2.23. The lowest BCUT2D eigenvalue weighted by Crippen LogP contribution is -2.32. The molecule has 0 bridgehead atoms. The molecule has 1 fully saturated rings. The molecule has 0 amide bonds. The summed E-state index contributed by atoms with van der Waals surface area (Å²) >= 11 is 7.44. The van der Waals surface area contributed by atoms with Crippen LogP contribution in [0, 0.1) is 0 Å². The Hall–Kier alpha value is -0.910. The Morgan fingerprint density at radius 1 is 1.21 bits per heavy atom. The van der Waals surface area contributed by atoms with Gasteiger partial charge in [0.2, 0.25) is 0 Å². The van der Waals surface area contributed by atoms with Crippen LogP contribution < -0.4 is 5.32 Å². The first-order chi connectivity index (χ1) is 9.25. The first kappa shape index (κ1) is 13.1. The van der Waals surface area contributed by atoms with E-state index in [0.29, 0.717) is 5.02 Å². The summed E-state index contributed by atoms with van der Waals surface area (Å²) in [7, 11) is 0. The average molecular weight is 298 g/mol. The molecule has 0 aliphatic heterocycles. The van der Waals surface area contributed by atoms with Crippen molar-refractivity contribution in [1.82, 2.24) is 8.75 Å². The Morgan fingerprint density at radius 2 is 2.05 bits per heavy atom. The molecule has 0 radical (unpaired) electrons. The SMILES string of the molecule is OC1CCCCCC1Nc1c(Cl)ccc2nsnc12. The van der Waals surface area contributed by atoms with Crippen LogP contribution in [0.25, 0.3) is 11.0 Å². The molecule has 1 aliphatic rings.